The van der Waals surface area contributed by atoms with E-state index in [1.165, 1.54) is 12.1 Å². The summed E-state index contributed by atoms with van der Waals surface area (Å²) in [6, 6.07) is 5.73. The number of rotatable bonds is 8. The third-order valence-corrected chi connectivity index (χ3v) is 6.43. The Hall–Kier alpha value is -3.82. The molecule has 0 bridgehead atoms. The standard InChI is InChI=1S/C21H24N4O10S/c1-10-4-6-13(7-5-10)36(30,31)35-16-15(9-32-11(2)26)34-20(17(16)33-12(3)27)25-8-14(19(23)28)18(22)24-21(25)29/h4-8,15-17,20H,9H2,1-3H3,(H2,23,28)(H2,22,24,29)/t15-,16+,17-,20-/m1/s1. The average molecular weight is 525 g/mol. The number of benzene rings is 1. The van der Waals surface area contributed by atoms with Crippen LogP contribution >= 0.6 is 0 Å². The number of aryl methyl sites for hydroxylation is 1. The summed E-state index contributed by atoms with van der Waals surface area (Å²) in [7, 11) is -4.45. The molecular formula is C21H24N4O10S. The molecule has 0 radical (unpaired) electrons. The molecule has 1 aliphatic heterocycles. The second-order valence-corrected chi connectivity index (χ2v) is 9.44. The molecule has 0 unspecified atom stereocenters. The minimum absolute atomic E-state index is 0.202. The number of anilines is 1. The van der Waals surface area contributed by atoms with Gasteiger partial charge in [-0.1, -0.05) is 17.7 Å². The van der Waals surface area contributed by atoms with E-state index in [1.807, 2.05) is 0 Å². The second kappa shape index (κ2) is 10.4. The minimum Gasteiger partial charge on any atom is -0.463 e. The molecule has 0 saturated carbocycles. The normalized spacial score (nSPS) is 21.6. The number of amides is 1. The number of esters is 2. The number of carbonyl (C=O) groups excluding carboxylic acids is 3. The molecular weight excluding hydrogens is 500 g/mol. The van der Waals surface area contributed by atoms with Crippen molar-refractivity contribution in [3.63, 3.8) is 0 Å². The zero-order chi connectivity index (χ0) is 26.8. The summed E-state index contributed by atoms with van der Waals surface area (Å²) in [4.78, 5) is 51.0. The van der Waals surface area contributed by atoms with Crippen molar-refractivity contribution in [1.29, 1.82) is 0 Å². The van der Waals surface area contributed by atoms with Gasteiger partial charge in [0.25, 0.3) is 16.0 Å². The van der Waals surface area contributed by atoms with Gasteiger partial charge in [0.2, 0.25) is 0 Å². The van der Waals surface area contributed by atoms with Gasteiger partial charge >= 0.3 is 17.6 Å². The summed E-state index contributed by atoms with van der Waals surface area (Å²) in [5, 5.41) is 0. The number of aromatic nitrogens is 2. The molecule has 2 heterocycles. The van der Waals surface area contributed by atoms with Crippen LogP contribution in [0.5, 0.6) is 0 Å². The lowest BCUT2D eigenvalue weighted by Crippen LogP contribution is -2.42. The van der Waals surface area contributed by atoms with Crippen LogP contribution in [0.1, 0.15) is 36.0 Å². The highest BCUT2D eigenvalue weighted by atomic mass is 32.2. The lowest BCUT2D eigenvalue weighted by molar-refractivity contribution is -0.155. The van der Waals surface area contributed by atoms with Crippen molar-refractivity contribution in [2.45, 2.75) is 50.2 Å². The van der Waals surface area contributed by atoms with E-state index in [0.717, 1.165) is 30.2 Å². The fourth-order valence-corrected chi connectivity index (χ4v) is 4.57. The van der Waals surface area contributed by atoms with Gasteiger partial charge in [-0.25, -0.2) is 4.79 Å². The number of nitrogens with two attached hydrogens (primary N) is 2. The third kappa shape index (κ3) is 5.87. The molecule has 4 atom stereocenters. The lowest BCUT2D eigenvalue weighted by Gasteiger charge is -2.24. The van der Waals surface area contributed by atoms with Crippen LogP contribution in [0.15, 0.2) is 40.2 Å². The smallest absolute Gasteiger partial charge is 0.351 e. The quantitative estimate of drug-likeness (QED) is 0.327. The summed E-state index contributed by atoms with van der Waals surface area (Å²) in [6.07, 6.45) is -5.08. The molecule has 15 heteroatoms. The molecule has 3 rings (SSSR count). The lowest BCUT2D eigenvalue weighted by atomic mass is 10.1. The van der Waals surface area contributed by atoms with Crippen LogP contribution in [0.4, 0.5) is 5.82 Å². The largest absolute Gasteiger partial charge is 0.463 e. The van der Waals surface area contributed by atoms with Crippen LogP contribution in [0, 0.1) is 6.92 Å². The molecule has 1 aromatic carbocycles. The van der Waals surface area contributed by atoms with E-state index < -0.39 is 70.6 Å². The zero-order valence-corrected chi connectivity index (χ0v) is 20.3. The average Bonchev–Trinajstić information content (AvgIpc) is 3.08. The van der Waals surface area contributed by atoms with Crippen molar-refractivity contribution in [1.82, 2.24) is 9.55 Å². The van der Waals surface area contributed by atoms with E-state index in [1.54, 1.807) is 19.1 Å². The van der Waals surface area contributed by atoms with Crippen molar-refractivity contribution in [3.8, 4) is 0 Å². The van der Waals surface area contributed by atoms with Gasteiger partial charge in [-0.05, 0) is 19.1 Å². The van der Waals surface area contributed by atoms with Crippen LogP contribution in [-0.2, 0) is 38.1 Å². The van der Waals surface area contributed by atoms with Crippen LogP contribution in [0.2, 0.25) is 0 Å². The van der Waals surface area contributed by atoms with E-state index in [0.29, 0.717) is 0 Å². The molecule has 14 nitrogen and oxygen atoms in total. The Bertz CT molecular complexity index is 1340. The Morgan fingerprint density at radius 3 is 2.31 bits per heavy atom. The van der Waals surface area contributed by atoms with Gasteiger partial charge in [0, 0.05) is 20.0 Å². The molecule has 2 aromatic rings. The number of ether oxygens (including phenoxy) is 3. The molecule has 0 spiro atoms. The van der Waals surface area contributed by atoms with Gasteiger partial charge in [0.05, 0.1) is 10.5 Å². The fraction of sp³-hybridized carbons (Fsp3) is 0.381. The predicted molar refractivity (Wildman–Crippen MR) is 121 cm³/mol. The summed E-state index contributed by atoms with van der Waals surface area (Å²) >= 11 is 0. The maximum absolute atomic E-state index is 13.0. The van der Waals surface area contributed by atoms with E-state index in [9.17, 15) is 27.6 Å². The van der Waals surface area contributed by atoms with Crippen molar-refractivity contribution in [2.24, 2.45) is 5.73 Å². The predicted octanol–water partition coefficient (Wildman–Crippen LogP) is -0.601. The van der Waals surface area contributed by atoms with Gasteiger partial charge in [0.1, 0.15) is 24.6 Å². The van der Waals surface area contributed by atoms with Crippen molar-refractivity contribution < 1.29 is 41.2 Å². The first kappa shape index (κ1) is 26.8. The van der Waals surface area contributed by atoms with Gasteiger partial charge in [-0.3, -0.25) is 23.1 Å². The maximum atomic E-state index is 13.0. The van der Waals surface area contributed by atoms with Crippen LogP contribution in [0.25, 0.3) is 0 Å². The number of hydrogen-bond donors (Lipinski definition) is 2. The van der Waals surface area contributed by atoms with Gasteiger partial charge in [-0.15, -0.1) is 0 Å². The summed E-state index contributed by atoms with van der Waals surface area (Å²) in [5.74, 6) is -3.04. The number of carbonyl (C=O) groups is 3. The Morgan fingerprint density at radius 1 is 1.11 bits per heavy atom. The van der Waals surface area contributed by atoms with Crippen LogP contribution < -0.4 is 17.2 Å². The Balaban J connectivity index is 2.09. The number of primary amides is 1. The minimum atomic E-state index is -4.45. The number of nitrogens with zero attached hydrogens (tertiary/aromatic N) is 2. The molecule has 0 aliphatic carbocycles. The Kier molecular flexibility index (Phi) is 7.76. The maximum Gasteiger partial charge on any atom is 0.351 e. The van der Waals surface area contributed by atoms with Crippen molar-refractivity contribution >= 4 is 33.8 Å². The van der Waals surface area contributed by atoms with Gasteiger partial charge in [0.15, 0.2) is 12.3 Å². The highest BCUT2D eigenvalue weighted by molar-refractivity contribution is 7.86. The molecule has 1 aliphatic rings. The Morgan fingerprint density at radius 2 is 1.75 bits per heavy atom. The fourth-order valence-electron chi connectivity index (χ4n) is 3.46. The highest BCUT2D eigenvalue weighted by Crippen LogP contribution is 2.35. The number of hydrogen-bond acceptors (Lipinski definition) is 12. The van der Waals surface area contributed by atoms with Crippen LogP contribution in [0.3, 0.4) is 0 Å². The van der Waals surface area contributed by atoms with Gasteiger partial charge < -0.3 is 25.7 Å². The van der Waals surface area contributed by atoms with E-state index in [2.05, 4.69) is 4.98 Å². The SMILES string of the molecule is CC(=O)OC[C@H]1O[C@@H](n2cc(C(N)=O)c(N)nc2=O)[C@H](OC(C)=O)[C@H]1OS(=O)(=O)c1ccc(C)cc1. The van der Waals surface area contributed by atoms with E-state index >= 15 is 0 Å². The summed E-state index contributed by atoms with van der Waals surface area (Å²) < 4.78 is 48.2. The summed E-state index contributed by atoms with van der Waals surface area (Å²) in [5.41, 5.74) is 10.3. The van der Waals surface area contributed by atoms with E-state index in [-0.39, 0.29) is 10.5 Å². The molecule has 1 saturated heterocycles. The Labute approximate surface area is 205 Å². The molecule has 36 heavy (non-hydrogen) atoms. The van der Waals surface area contributed by atoms with Crippen molar-refractivity contribution in [2.75, 3.05) is 12.3 Å². The van der Waals surface area contributed by atoms with E-state index in [4.69, 9.17) is 29.9 Å². The second-order valence-electron chi connectivity index (χ2n) is 7.86. The molecule has 4 N–H and O–H groups in total. The molecule has 1 fully saturated rings. The molecule has 1 amide bonds. The summed E-state index contributed by atoms with van der Waals surface area (Å²) in [6.45, 7) is 3.40. The molecule has 194 valence electrons. The number of nitrogen functional groups attached to an aromatic ring is 1. The first-order valence-corrected chi connectivity index (χ1v) is 11.9. The first-order chi connectivity index (χ1) is 16.8. The third-order valence-electron chi connectivity index (χ3n) is 5.11. The zero-order valence-electron chi connectivity index (χ0n) is 19.4. The topological polar surface area (TPSA) is 209 Å². The first-order valence-electron chi connectivity index (χ1n) is 10.4. The molecule has 1 aromatic heterocycles. The van der Waals surface area contributed by atoms with Crippen LogP contribution in [-0.4, -0.2) is 60.7 Å². The van der Waals surface area contributed by atoms with Crippen molar-refractivity contribution in [3.05, 3.63) is 52.1 Å². The highest BCUT2D eigenvalue weighted by Gasteiger charge is 2.52. The monoisotopic (exact) mass is 524 g/mol. The van der Waals surface area contributed by atoms with Gasteiger partial charge in [-0.2, -0.15) is 13.4 Å².